The maximum absolute atomic E-state index is 14.1. The van der Waals surface area contributed by atoms with E-state index in [1.54, 1.807) is 6.07 Å². The number of halogens is 3. The Morgan fingerprint density at radius 3 is 2.48 bits per heavy atom. The van der Waals surface area contributed by atoms with Gasteiger partial charge in [-0.2, -0.15) is 18.2 Å². The summed E-state index contributed by atoms with van der Waals surface area (Å²) in [4.78, 5) is 20.3. The Morgan fingerprint density at radius 1 is 1.05 bits per heavy atom. The van der Waals surface area contributed by atoms with Gasteiger partial charge in [-0.15, -0.1) is 0 Å². The molecule has 2 aromatic carbocycles. The second-order valence-corrected chi connectivity index (χ2v) is 12.0. The van der Waals surface area contributed by atoms with Crippen LogP contribution in [-0.2, 0) is 23.9 Å². The van der Waals surface area contributed by atoms with Gasteiger partial charge in [0.1, 0.15) is 6.04 Å². The van der Waals surface area contributed by atoms with Crippen molar-refractivity contribution in [1.29, 1.82) is 0 Å². The van der Waals surface area contributed by atoms with Crippen molar-refractivity contribution in [3.05, 3.63) is 53.1 Å². The minimum absolute atomic E-state index is 0.0109. The molecule has 2 aliphatic heterocycles. The van der Waals surface area contributed by atoms with E-state index in [0.29, 0.717) is 25.2 Å². The maximum Gasteiger partial charge on any atom is 0.418 e. The first-order chi connectivity index (χ1) is 18.8. The number of carbonyl (C=O) groups is 1. The molecule has 0 spiro atoms. The van der Waals surface area contributed by atoms with Crippen LogP contribution >= 0.6 is 0 Å². The number of hydrogen-bond donors (Lipinski definition) is 1. The normalized spacial score (nSPS) is 19.4. The lowest BCUT2D eigenvalue weighted by Gasteiger charge is -2.39. The number of nitrogens with zero attached hydrogens (tertiary/aromatic N) is 4. The molecule has 3 aromatic rings. The molecule has 0 bridgehead atoms. The number of carboxylic acids is 1. The Hall–Kier alpha value is -3.40. The molecule has 1 aromatic heterocycles. The maximum atomic E-state index is 14.1. The summed E-state index contributed by atoms with van der Waals surface area (Å²) in [5.74, 6) is -0.575. The molecule has 2 atom stereocenters. The van der Waals surface area contributed by atoms with E-state index in [9.17, 15) is 23.1 Å². The first-order valence-corrected chi connectivity index (χ1v) is 13.7. The molecule has 1 saturated heterocycles. The van der Waals surface area contributed by atoms with Gasteiger partial charge in [-0.3, -0.25) is 9.69 Å². The van der Waals surface area contributed by atoms with Crippen LogP contribution in [0.1, 0.15) is 63.6 Å². The van der Waals surface area contributed by atoms with Crippen molar-refractivity contribution < 1.29 is 27.6 Å². The summed E-state index contributed by atoms with van der Waals surface area (Å²) in [6.07, 6.45) is -1.08. The largest absolute Gasteiger partial charge is 0.480 e. The Kier molecular flexibility index (Phi) is 7.41. The van der Waals surface area contributed by atoms with E-state index in [1.165, 1.54) is 6.07 Å². The van der Waals surface area contributed by atoms with Gasteiger partial charge in [-0.25, -0.2) is 0 Å². The van der Waals surface area contributed by atoms with Crippen LogP contribution in [0.5, 0.6) is 0 Å². The van der Waals surface area contributed by atoms with Crippen LogP contribution in [0.25, 0.3) is 22.8 Å². The van der Waals surface area contributed by atoms with Crippen molar-refractivity contribution in [2.45, 2.75) is 78.2 Å². The van der Waals surface area contributed by atoms with Gasteiger partial charge in [-0.1, -0.05) is 38.1 Å². The van der Waals surface area contributed by atoms with Gasteiger partial charge in [0, 0.05) is 42.5 Å². The van der Waals surface area contributed by atoms with Crippen LogP contribution in [0.2, 0.25) is 0 Å². The fourth-order valence-electron chi connectivity index (χ4n) is 6.07. The van der Waals surface area contributed by atoms with Gasteiger partial charge in [-0.05, 0) is 73.4 Å². The monoisotopic (exact) mass is 556 g/mol. The van der Waals surface area contributed by atoms with Crippen LogP contribution in [-0.4, -0.2) is 51.3 Å². The summed E-state index contributed by atoms with van der Waals surface area (Å²) in [6, 6.07) is 9.35. The molecule has 3 heterocycles. The summed E-state index contributed by atoms with van der Waals surface area (Å²) in [7, 11) is 0. The van der Waals surface area contributed by atoms with Gasteiger partial charge in [0.15, 0.2) is 0 Å². The molecule has 2 unspecified atom stereocenters. The zero-order valence-corrected chi connectivity index (χ0v) is 23.3. The Labute approximate surface area is 232 Å². The fourth-order valence-corrected chi connectivity index (χ4v) is 6.07. The van der Waals surface area contributed by atoms with Crippen LogP contribution in [0.15, 0.2) is 40.9 Å². The van der Waals surface area contributed by atoms with Gasteiger partial charge >= 0.3 is 12.1 Å². The van der Waals surface area contributed by atoms with Gasteiger partial charge in [0.2, 0.25) is 5.82 Å². The lowest BCUT2D eigenvalue weighted by molar-refractivity contribution is -0.148. The number of aliphatic carboxylic acids is 1. The van der Waals surface area contributed by atoms with Gasteiger partial charge < -0.3 is 14.5 Å². The van der Waals surface area contributed by atoms with E-state index in [4.69, 9.17) is 4.52 Å². The van der Waals surface area contributed by atoms with Crippen molar-refractivity contribution in [2.75, 3.05) is 18.0 Å². The molecule has 7 nitrogen and oxygen atoms in total. The minimum Gasteiger partial charge on any atom is -0.480 e. The molecule has 0 aliphatic carbocycles. The Morgan fingerprint density at radius 2 is 1.80 bits per heavy atom. The van der Waals surface area contributed by atoms with Crippen LogP contribution < -0.4 is 4.90 Å². The second kappa shape index (κ2) is 10.5. The molecule has 214 valence electrons. The highest BCUT2D eigenvalue weighted by Gasteiger charge is 2.39. The van der Waals surface area contributed by atoms with Gasteiger partial charge in [0.25, 0.3) is 5.89 Å². The second-order valence-electron chi connectivity index (χ2n) is 12.0. The van der Waals surface area contributed by atoms with E-state index in [1.807, 2.05) is 55.7 Å². The fraction of sp³-hybridized carbons (Fsp3) is 0.500. The average molecular weight is 557 g/mol. The predicted octanol–water partition coefficient (Wildman–Crippen LogP) is 6.66. The zero-order chi connectivity index (χ0) is 28.8. The van der Waals surface area contributed by atoms with Crippen LogP contribution in [0.4, 0.5) is 18.9 Å². The highest BCUT2D eigenvalue weighted by atomic mass is 19.4. The minimum atomic E-state index is -4.53. The lowest BCUT2D eigenvalue weighted by Crippen LogP contribution is -2.51. The van der Waals surface area contributed by atoms with E-state index in [2.05, 4.69) is 10.1 Å². The lowest BCUT2D eigenvalue weighted by atomic mass is 9.84. The summed E-state index contributed by atoms with van der Waals surface area (Å²) in [6.45, 7) is 9.41. The van der Waals surface area contributed by atoms with Crippen molar-refractivity contribution in [3.63, 3.8) is 0 Å². The molecule has 1 fully saturated rings. The first-order valence-electron chi connectivity index (χ1n) is 13.7. The van der Waals surface area contributed by atoms with E-state index in [-0.39, 0.29) is 29.0 Å². The topological polar surface area (TPSA) is 82.7 Å². The number of fused-ring (bicyclic) bond motifs is 1. The average Bonchev–Trinajstić information content (AvgIpc) is 3.37. The number of piperidine rings is 1. The quantitative estimate of drug-likeness (QED) is 0.376. The number of alkyl halides is 3. The van der Waals surface area contributed by atoms with Gasteiger partial charge in [0.05, 0.1) is 5.56 Å². The highest BCUT2D eigenvalue weighted by molar-refractivity contribution is 5.74. The van der Waals surface area contributed by atoms with Crippen molar-refractivity contribution in [2.24, 2.45) is 5.41 Å². The number of benzene rings is 2. The van der Waals surface area contributed by atoms with Crippen LogP contribution in [0, 0.1) is 5.41 Å². The molecule has 1 N–H and O–H groups in total. The number of carboxylic acid groups (broad SMARTS) is 1. The third-order valence-corrected chi connectivity index (χ3v) is 8.01. The molecule has 0 amide bonds. The molecule has 10 heteroatoms. The zero-order valence-electron chi connectivity index (χ0n) is 23.3. The molecular weight excluding hydrogens is 521 g/mol. The molecule has 0 saturated carbocycles. The standard InChI is InChI=1S/C30H35F3N4O3/c1-18-7-5-6-13-37(18)24-11-10-21(16-23(24)30(31,32)33)27-34-26(35-40-27)20-9-8-19-12-14-36(17-22(19)15-20)25(28(38)39)29(2,3)4/h8-11,15-16,18,25H,5-7,12-14,17H2,1-4H3,(H,38,39). The molecule has 40 heavy (non-hydrogen) atoms. The van der Waals surface area contributed by atoms with E-state index >= 15 is 0 Å². The summed E-state index contributed by atoms with van der Waals surface area (Å²) < 4.78 is 47.8. The number of anilines is 1. The number of rotatable bonds is 5. The first kappa shape index (κ1) is 28.1. The Bertz CT molecular complexity index is 1400. The van der Waals surface area contributed by atoms with Crippen molar-refractivity contribution in [3.8, 4) is 22.8 Å². The SMILES string of the molecule is CC1CCCCN1c1ccc(-c2nc(-c3ccc4c(c3)CN(C(C(=O)O)C(C)(C)C)CC4)no2)cc1C(F)(F)F. The van der Waals surface area contributed by atoms with Crippen LogP contribution in [0.3, 0.4) is 0 Å². The highest BCUT2D eigenvalue weighted by Crippen LogP contribution is 2.41. The third-order valence-electron chi connectivity index (χ3n) is 8.01. The summed E-state index contributed by atoms with van der Waals surface area (Å²) in [5, 5.41) is 13.9. The predicted molar refractivity (Wildman–Crippen MR) is 146 cm³/mol. The Balaban J connectivity index is 1.43. The molecule has 5 rings (SSSR count). The molecule has 2 aliphatic rings. The van der Waals surface area contributed by atoms with Crippen molar-refractivity contribution in [1.82, 2.24) is 15.0 Å². The summed E-state index contributed by atoms with van der Waals surface area (Å²) >= 11 is 0. The molecule has 0 radical (unpaired) electrons. The number of hydrogen-bond acceptors (Lipinski definition) is 6. The summed E-state index contributed by atoms with van der Waals surface area (Å²) in [5.41, 5.74) is 1.99. The van der Waals surface area contributed by atoms with E-state index in [0.717, 1.165) is 42.9 Å². The van der Waals surface area contributed by atoms with E-state index < -0.39 is 29.2 Å². The number of aromatic nitrogens is 2. The third kappa shape index (κ3) is 5.59. The molecular formula is C30H35F3N4O3. The van der Waals surface area contributed by atoms with Crippen molar-refractivity contribution >= 4 is 11.7 Å². The smallest absolute Gasteiger partial charge is 0.418 e.